The Morgan fingerprint density at radius 1 is 1.43 bits per heavy atom. The molecule has 74 valence electrons. The fourth-order valence-electron chi connectivity index (χ4n) is 0.854. The summed E-state index contributed by atoms with van der Waals surface area (Å²) in [5.74, 6) is 2.74. The van der Waals surface area contributed by atoms with Crippen LogP contribution in [0.2, 0.25) is 0 Å². The van der Waals surface area contributed by atoms with Gasteiger partial charge in [0.15, 0.2) is 0 Å². The minimum atomic E-state index is -3.07. The number of terminal acetylenes is 1. The van der Waals surface area contributed by atoms with E-state index in [1.54, 1.807) is 24.3 Å². The smallest absolute Gasteiger partial charge is 0.377 e. The Kier molecular flexibility index (Phi) is 3.76. The van der Waals surface area contributed by atoms with Crippen molar-refractivity contribution in [3.63, 3.8) is 0 Å². The van der Waals surface area contributed by atoms with Gasteiger partial charge in [-0.2, -0.15) is 0 Å². The molecule has 0 aromatic heterocycles. The second-order valence-corrected chi connectivity index (χ2v) is 4.64. The summed E-state index contributed by atoms with van der Waals surface area (Å²) < 4.78 is 21.6. The maximum absolute atomic E-state index is 11.6. The minimum absolute atomic E-state index is 0.0133. The summed E-state index contributed by atoms with van der Waals surface area (Å²) in [4.78, 5) is 0. The Morgan fingerprint density at radius 3 is 2.64 bits per heavy atom. The van der Waals surface area contributed by atoms with Gasteiger partial charge >= 0.3 is 7.60 Å². The average Bonchev–Trinajstić information content (AvgIpc) is 2.16. The number of hydrogen-bond donors (Lipinski definition) is 0. The van der Waals surface area contributed by atoms with Crippen molar-refractivity contribution in [2.45, 2.75) is 0 Å². The molecule has 0 aliphatic rings. The number of para-hydroxylation sites is 1. The molecule has 1 unspecified atom stereocenters. The molecule has 0 heterocycles. The lowest BCUT2D eigenvalue weighted by molar-refractivity contribution is 0.303. The first-order valence-electron chi connectivity index (χ1n) is 4.04. The Hall–Kier alpha value is -1.23. The summed E-state index contributed by atoms with van der Waals surface area (Å²) in [5, 5.41) is 0. The van der Waals surface area contributed by atoms with Crippen molar-refractivity contribution in [2.24, 2.45) is 0 Å². The molecule has 0 fully saturated rings. The van der Waals surface area contributed by atoms with Crippen LogP contribution in [0.4, 0.5) is 0 Å². The molecule has 1 aromatic rings. The van der Waals surface area contributed by atoms with Gasteiger partial charge in [-0.1, -0.05) is 24.1 Å². The third kappa shape index (κ3) is 3.66. The van der Waals surface area contributed by atoms with Crippen LogP contribution in [-0.2, 0) is 9.09 Å². The highest BCUT2D eigenvalue weighted by molar-refractivity contribution is 7.53. The summed E-state index contributed by atoms with van der Waals surface area (Å²) in [6.45, 7) is 1.37. The van der Waals surface area contributed by atoms with Gasteiger partial charge in [-0.3, -0.25) is 4.52 Å². The summed E-state index contributed by atoms with van der Waals surface area (Å²) >= 11 is 0. The molecule has 0 aliphatic heterocycles. The van der Waals surface area contributed by atoms with Gasteiger partial charge in [0.25, 0.3) is 0 Å². The minimum Gasteiger partial charge on any atom is -0.425 e. The predicted octanol–water partition coefficient (Wildman–Crippen LogP) is 2.54. The first kappa shape index (κ1) is 10.8. The Bertz CT molecular complexity index is 367. The highest BCUT2D eigenvalue weighted by Gasteiger charge is 2.17. The second kappa shape index (κ2) is 4.85. The van der Waals surface area contributed by atoms with Crippen molar-refractivity contribution in [3.8, 4) is 18.1 Å². The molecule has 4 heteroatoms. The van der Waals surface area contributed by atoms with Crippen LogP contribution in [0, 0.1) is 12.3 Å². The van der Waals surface area contributed by atoms with Gasteiger partial charge < -0.3 is 4.52 Å². The monoisotopic (exact) mass is 210 g/mol. The Balaban J connectivity index is 2.60. The molecular weight excluding hydrogens is 199 g/mol. The van der Waals surface area contributed by atoms with Gasteiger partial charge in [0.2, 0.25) is 0 Å². The van der Waals surface area contributed by atoms with E-state index in [1.807, 2.05) is 6.07 Å². The van der Waals surface area contributed by atoms with E-state index in [1.165, 1.54) is 6.66 Å². The van der Waals surface area contributed by atoms with E-state index in [0.717, 1.165) is 0 Å². The van der Waals surface area contributed by atoms with Crippen LogP contribution >= 0.6 is 7.60 Å². The van der Waals surface area contributed by atoms with Crippen molar-refractivity contribution in [1.82, 2.24) is 0 Å². The molecule has 0 bridgehead atoms. The zero-order valence-corrected chi connectivity index (χ0v) is 8.74. The second-order valence-electron chi connectivity index (χ2n) is 2.65. The van der Waals surface area contributed by atoms with Crippen molar-refractivity contribution in [2.75, 3.05) is 13.3 Å². The maximum atomic E-state index is 11.6. The summed E-state index contributed by atoms with van der Waals surface area (Å²) in [5.41, 5.74) is 0. The topological polar surface area (TPSA) is 35.5 Å². The van der Waals surface area contributed by atoms with E-state index in [0.29, 0.717) is 5.75 Å². The highest BCUT2D eigenvalue weighted by Crippen LogP contribution is 2.43. The molecule has 0 radical (unpaired) electrons. The van der Waals surface area contributed by atoms with Crippen molar-refractivity contribution >= 4 is 7.60 Å². The van der Waals surface area contributed by atoms with Crippen LogP contribution in [0.25, 0.3) is 0 Å². The largest absolute Gasteiger partial charge is 0.425 e. The first-order valence-corrected chi connectivity index (χ1v) is 6.03. The predicted molar refractivity (Wildman–Crippen MR) is 55.4 cm³/mol. The highest BCUT2D eigenvalue weighted by atomic mass is 31.2. The molecule has 0 aliphatic carbocycles. The van der Waals surface area contributed by atoms with E-state index in [9.17, 15) is 4.57 Å². The molecule has 1 aromatic carbocycles. The normalized spacial score (nSPS) is 14.0. The zero-order chi connectivity index (χ0) is 10.4. The summed E-state index contributed by atoms with van der Waals surface area (Å²) in [6, 6.07) is 8.83. The maximum Gasteiger partial charge on any atom is 0.377 e. The van der Waals surface area contributed by atoms with Crippen LogP contribution in [0.5, 0.6) is 5.75 Å². The third-order valence-electron chi connectivity index (χ3n) is 1.40. The van der Waals surface area contributed by atoms with Crippen LogP contribution in [-0.4, -0.2) is 13.3 Å². The summed E-state index contributed by atoms with van der Waals surface area (Å²) in [7, 11) is -3.07. The lowest BCUT2D eigenvalue weighted by atomic mass is 10.3. The summed E-state index contributed by atoms with van der Waals surface area (Å²) in [6.07, 6.45) is 4.98. The molecule has 0 saturated heterocycles. The molecule has 0 spiro atoms. The number of hydrogen-bond acceptors (Lipinski definition) is 3. The quantitative estimate of drug-likeness (QED) is 0.565. The van der Waals surface area contributed by atoms with Gasteiger partial charge in [-0.25, -0.2) is 4.57 Å². The third-order valence-corrected chi connectivity index (χ3v) is 2.54. The van der Waals surface area contributed by atoms with Crippen LogP contribution < -0.4 is 4.52 Å². The Labute approximate surface area is 83.6 Å². The van der Waals surface area contributed by atoms with Crippen molar-refractivity contribution < 1.29 is 13.6 Å². The van der Waals surface area contributed by atoms with E-state index >= 15 is 0 Å². The Morgan fingerprint density at radius 2 is 2.07 bits per heavy atom. The molecule has 14 heavy (non-hydrogen) atoms. The zero-order valence-electron chi connectivity index (χ0n) is 7.84. The van der Waals surface area contributed by atoms with Crippen LogP contribution in [0.1, 0.15) is 0 Å². The average molecular weight is 210 g/mol. The van der Waals surface area contributed by atoms with Gasteiger partial charge in [0, 0.05) is 6.66 Å². The molecule has 0 amide bonds. The lowest BCUT2D eigenvalue weighted by Gasteiger charge is -2.13. The number of rotatable bonds is 4. The lowest BCUT2D eigenvalue weighted by Crippen LogP contribution is -1.96. The van der Waals surface area contributed by atoms with E-state index < -0.39 is 7.60 Å². The van der Waals surface area contributed by atoms with Crippen molar-refractivity contribution in [3.05, 3.63) is 30.3 Å². The molecule has 1 atom stereocenters. The van der Waals surface area contributed by atoms with E-state index in [2.05, 4.69) is 5.92 Å². The van der Waals surface area contributed by atoms with Gasteiger partial charge in [0.1, 0.15) is 12.4 Å². The standard InChI is InChI=1S/C10H11O3P/c1-3-9-12-14(2,11)13-10-7-5-4-6-8-10/h1,4-8H,9H2,2H3. The van der Waals surface area contributed by atoms with Crippen LogP contribution in [0.3, 0.4) is 0 Å². The van der Waals surface area contributed by atoms with Crippen LogP contribution in [0.15, 0.2) is 30.3 Å². The fraction of sp³-hybridized carbons (Fsp3) is 0.200. The SMILES string of the molecule is C#CCOP(C)(=O)Oc1ccccc1. The van der Waals surface area contributed by atoms with Gasteiger partial charge in [-0.15, -0.1) is 6.42 Å². The fourth-order valence-corrected chi connectivity index (χ4v) is 1.72. The van der Waals surface area contributed by atoms with Gasteiger partial charge in [0.05, 0.1) is 0 Å². The molecule has 0 N–H and O–H groups in total. The van der Waals surface area contributed by atoms with Gasteiger partial charge in [-0.05, 0) is 12.1 Å². The molecule has 0 saturated carbocycles. The molecule has 3 nitrogen and oxygen atoms in total. The first-order chi connectivity index (χ1) is 6.64. The van der Waals surface area contributed by atoms with E-state index in [4.69, 9.17) is 15.5 Å². The molecule has 1 rings (SSSR count). The molecular formula is C10H11O3P. The van der Waals surface area contributed by atoms with Crippen molar-refractivity contribution in [1.29, 1.82) is 0 Å². The van der Waals surface area contributed by atoms with E-state index in [-0.39, 0.29) is 6.61 Å². The number of benzene rings is 1.